The maximum Gasteiger partial charge on any atom is 0.287 e. The highest BCUT2D eigenvalue weighted by Crippen LogP contribution is 2.31. The number of anilines is 1. The third kappa shape index (κ3) is 2.37. The quantitative estimate of drug-likeness (QED) is 0.757. The molecule has 5 heteroatoms. The van der Waals surface area contributed by atoms with Crippen molar-refractivity contribution in [3.05, 3.63) is 42.2 Å². The molecule has 1 saturated heterocycles. The van der Waals surface area contributed by atoms with Crippen LogP contribution < -0.4 is 16.4 Å². The lowest BCUT2D eigenvalue weighted by Crippen LogP contribution is -2.44. The third-order valence-electron chi connectivity index (χ3n) is 4.70. The van der Waals surface area contributed by atoms with E-state index >= 15 is 0 Å². The van der Waals surface area contributed by atoms with Crippen molar-refractivity contribution in [2.45, 2.75) is 24.9 Å². The first-order valence-electron chi connectivity index (χ1n) is 7.69. The number of hydrogen-bond acceptors (Lipinski definition) is 4. The molecule has 114 valence electrons. The number of amides is 1. The summed E-state index contributed by atoms with van der Waals surface area (Å²) in [5, 5.41) is 6.55. The van der Waals surface area contributed by atoms with Gasteiger partial charge in [0.2, 0.25) is 0 Å². The van der Waals surface area contributed by atoms with Crippen molar-refractivity contribution in [2.75, 3.05) is 12.3 Å². The Morgan fingerprint density at radius 1 is 1.18 bits per heavy atom. The van der Waals surface area contributed by atoms with E-state index in [1.54, 1.807) is 6.07 Å². The van der Waals surface area contributed by atoms with Crippen LogP contribution in [0.2, 0.25) is 0 Å². The normalized spacial score (nSPS) is 26.3. The molecular weight excluding hydrogens is 278 g/mol. The maximum atomic E-state index is 12.3. The Morgan fingerprint density at radius 2 is 2.00 bits per heavy atom. The molecule has 2 aliphatic rings. The fraction of sp³-hybridized carbons (Fsp3) is 0.353. The molecule has 22 heavy (non-hydrogen) atoms. The molecule has 3 unspecified atom stereocenters. The third-order valence-corrected chi connectivity index (χ3v) is 4.70. The topological polar surface area (TPSA) is 80.3 Å². The first-order chi connectivity index (χ1) is 10.7. The van der Waals surface area contributed by atoms with Crippen LogP contribution in [0.25, 0.3) is 11.3 Å². The lowest BCUT2D eigenvalue weighted by Gasteiger charge is -2.22. The monoisotopic (exact) mass is 297 g/mol. The van der Waals surface area contributed by atoms with Gasteiger partial charge in [-0.2, -0.15) is 0 Å². The van der Waals surface area contributed by atoms with Crippen molar-refractivity contribution in [3.8, 4) is 11.3 Å². The van der Waals surface area contributed by atoms with Gasteiger partial charge >= 0.3 is 0 Å². The number of nitrogens with two attached hydrogens (primary N) is 1. The van der Waals surface area contributed by atoms with Crippen LogP contribution in [0.15, 0.2) is 40.8 Å². The van der Waals surface area contributed by atoms with E-state index in [2.05, 4.69) is 10.6 Å². The number of furan rings is 1. The van der Waals surface area contributed by atoms with E-state index in [-0.39, 0.29) is 11.9 Å². The largest absolute Gasteiger partial charge is 0.451 e. The molecule has 5 nitrogen and oxygen atoms in total. The molecule has 1 aliphatic heterocycles. The summed E-state index contributed by atoms with van der Waals surface area (Å²) in [6.45, 7) is 1.00. The van der Waals surface area contributed by atoms with Gasteiger partial charge in [-0.05, 0) is 55.2 Å². The molecule has 4 N–H and O–H groups in total. The van der Waals surface area contributed by atoms with E-state index in [0.717, 1.165) is 18.5 Å². The van der Waals surface area contributed by atoms with Crippen LogP contribution in [0.3, 0.4) is 0 Å². The smallest absolute Gasteiger partial charge is 0.287 e. The van der Waals surface area contributed by atoms with Gasteiger partial charge in [0.05, 0.1) is 0 Å². The van der Waals surface area contributed by atoms with E-state index in [0.29, 0.717) is 29.2 Å². The number of hydrogen-bond donors (Lipinski definition) is 3. The van der Waals surface area contributed by atoms with E-state index in [1.807, 2.05) is 30.3 Å². The van der Waals surface area contributed by atoms with Crippen LogP contribution in [0.4, 0.5) is 5.69 Å². The molecule has 1 aromatic carbocycles. The minimum absolute atomic E-state index is 0.126. The van der Waals surface area contributed by atoms with Gasteiger partial charge in [-0.15, -0.1) is 0 Å². The van der Waals surface area contributed by atoms with Crippen molar-refractivity contribution in [1.29, 1.82) is 0 Å². The fourth-order valence-electron chi connectivity index (χ4n) is 3.51. The Hall–Kier alpha value is -2.27. The van der Waals surface area contributed by atoms with Crippen LogP contribution in [0.5, 0.6) is 0 Å². The molecule has 0 spiro atoms. The number of fused-ring (bicyclic) bond motifs is 2. The highest BCUT2D eigenvalue weighted by atomic mass is 16.3. The van der Waals surface area contributed by atoms with Crippen LogP contribution in [0, 0.1) is 5.92 Å². The number of nitrogens with one attached hydrogen (secondary N) is 2. The average molecular weight is 297 g/mol. The van der Waals surface area contributed by atoms with E-state index < -0.39 is 0 Å². The van der Waals surface area contributed by atoms with Gasteiger partial charge < -0.3 is 20.8 Å². The van der Waals surface area contributed by atoms with Crippen molar-refractivity contribution >= 4 is 11.6 Å². The van der Waals surface area contributed by atoms with E-state index in [1.165, 1.54) is 6.42 Å². The Labute approximate surface area is 128 Å². The second-order valence-electron chi connectivity index (χ2n) is 6.20. The van der Waals surface area contributed by atoms with E-state index in [9.17, 15) is 4.79 Å². The lowest BCUT2D eigenvalue weighted by molar-refractivity contribution is 0.0897. The van der Waals surface area contributed by atoms with Gasteiger partial charge in [0.15, 0.2) is 5.76 Å². The zero-order chi connectivity index (χ0) is 15.1. The predicted octanol–water partition coefficient (Wildman–Crippen LogP) is 2.01. The average Bonchev–Trinajstić information content (AvgIpc) is 3.24. The van der Waals surface area contributed by atoms with Gasteiger partial charge in [0.1, 0.15) is 5.76 Å². The summed E-state index contributed by atoms with van der Waals surface area (Å²) in [4.78, 5) is 12.3. The van der Waals surface area contributed by atoms with Crippen LogP contribution in [0.1, 0.15) is 23.4 Å². The molecule has 1 aliphatic carbocycles. The minimum Gasteiger partial charge on any atom is -0.451 e. The summed E-state index contributed by atoms with van der Waals surface area (Å²) in [5.74, 6) is 1.47. The molecule has 2 bridgehead atoms. The molecule has 2 heterocycles. The van der Waals surface area contributed by atoms with Crippen molar-refractivity contribution in [3.63, 3.8) is 0 Å². The molecule has 3 atom stereocenters. The Morgan fingerprint density at radius 3 is 2.68 bits per heavy atom. The summed E-state index contributed by atoms with van der Waals surface area (Å²) >= 11 is 0. The summed E-state index contributed by atoms with van der Waals surface area (Å²) < 4.78 is 5.69. The molecule has 1 aromatic heterocycles. The molecule has 2 fully saturated rings. The summed E-state index contributed by atoms with van der Waals surface area (Å²) in [6.07, 6.45) is 2.18. The molecule has 1 saturated carbocycles. The standard InChI is InChI=1S/C17H19N3O2/c18-12-3-1-10(2-4-12)15-5-6-16(22-15)17(21)20-14-8-13-7-11(14)9-19-13/h1-6,11,13-14,19H,7-9,18H2,(H,20,21). The summed E-state index contributed by atoms with van der Waals surface area (Å²) in [7, 11) is 0. The highest BCUT2D eigenvalue weighted by molar-refractivity contribution is 5.92. The molecule has 0 radical (unpaired) electrons. The molecule has 2 aromatic rings. The SMILES string of the molecule is Nc1ccc(-c2ccc(C(=O)NC3CC4CC3CN4)o2)cc1. The van der Waals surface area contributed by atoms with Crippen LogP contribution >= 0.6 is 0 Å². The predicted molar refractivity (Wildman–Crippen MR) is 84.3 cm³/mol. The van der Waals surface area contributed by atoms with Gasteiger partial charge in [-0.3, -0.25) is 4.79 Å². The maximum absolute atomic E-state index is 12.3. The first-order valence-corrected chi connectivity index (χ1v) is 7.69. The molecule has 4 rings (SSSR count). The number of carbonyl (C=O) groups is 1. The zero-order valence-corrected chi connectivity index (χ0v) is 12.2. The van der Waals surface area contributed by atoms with Gasteiger partial charge in [-0.25, -0.2) is 0 Å². The lowest BCUT2D eigenvalue weighted by atomic mass is 10.0. The Bertz CT molecular complexity index is 692. The fourth-order valence-corrected chi connectivity index (χ4v) is 3.51. The summed E-state index contributed by atoms with van der Waals surface area (Å²) in [6, 6.07) is 11.8. The Kier molecular flexibility index (Phi) is 3.15. The van der Waals surface area contributed by atoms with Crippen molar-refractivity contribution in [1.82, 2.24) is 10.6 Å². The number of carbonyl (C=O) groups excluding carboxylic acids is 1. The molecule has 1 amide bonds. The number of piperidine rings is 1. The van der Waals surface area contributed by atoms with Gasteiger partial charge in [0.25, 0.3) is 5.91 Å². The molecular formula is C17H19N3O2. The number of benzene rings is 1. The van der Waals surface area contributed by atoms with Crippen LogP contribution in [-0.4, -0.2) is 24.5 Å². The summed E-state index contributed by atoms with van der Waals surface area (Å²) in [5.41, 5.74) is 7.30. The van der Waals surface area contributed by atoms with Gasteiger partial charge in [0, 0.05) is 29.9 Å². The van der Waals surface area contributed by atoms with E-state index in [4.69, 9.17) is 10.2 Å². The van der Waals surface area contributed by atoms with Crippen molar-refractivity contribution in [2.24, 2.45) is 5.92 Å². The highest BCUT2D eigenvalue weighted by Gasteiger charge is 2.40. The minimum atomic E-state index is -0.126. The van der Waals surface area contributed by atoms with Gasteiger partial charge in [-0.1, -0.05) is 0 Å². The number of rotatable bonds is 3. The second-order valence-corrected chi connectivity index (χ2v) is 6.20. The number of nitrogen functional groups attached to an aromatic ring is 1. The second kappa shape index (κ2) is 5.18. The van der Waals surface area contributed by atoms with Crippen molar-refractivity contribution < 1.29 is 9.21 Å². The Balaban J connectivity index is 1.46. The van der Waals surface area contributed by atoms with Crippen LogP contribution in [-0.2, 0) is 0 Å². The zero-order valence-electron chi connectivity index (χ0n) is 12.2. The first kappa shape index (κ1) is 13.4.